The number of amides is 2. The van der Waals surface area contributed by atoms with Gasteiger partial charge in [0.1, 0.15) is 0 Å². The van der Waals surface area contributed by atoms with Crippen molar-refractivity contribution in [1.29, 1.82) is 0 Å². The summed E-state index contributed by atoms with van der Waals surface area (Å²) in [7, 11) is 0. The zero-order valence-electron chi connectivity index (χ0n) is 18.4. The van der Waals surface area contributed by atoms with E-state index in [1.807, 2.05) is 13.8 Å². The number of esters is 1. The van der Waals surface area contributed by atoms with E-state index in [4.69, 9.17) is 4.74 Å². The van der Waals surface area contributed by atoms with E-state index in [1.54, 1.807) is 6.92 Å². The second-order valence-electron chi connectivity index (χ2n) is 6.78. The van der Waals surface area contributed by atoms with Crippen LogP contribution < -0.4 is 34.7 Å². The van der Waals surface area contributed by atoms with Crippen molar-refractivity contribution < 1.29 is 58.6 Å². The van der Waals surface area contributed by atoms with Gasteiger partial charge in [-0.1, -0.05) is 58.4 Å². The molecule has 0 aromatic heterocycles. The van der Waals surface area contributed by atoms with Gasteiger partial charge in [0.05, 0.1) is 24.7 Å². The van der Waals surface area contributed by atoms with Crippen LogP contribution in [0.2, 0.25) is 0 Å². The zero-order chi connectivity index (χ0) is 21.4. The summed E-state index contributed by atoms with van der Waals surface area (Å²) in [6, 6.07) is -1.66. The van der Waals surface area contributed by atoms with Gasteiger partial charge in [0.25, 0.3) is 0 Å². The van der Waals surface area contributed by atoms with Gasteiger partial charge in [0, 0.05) is 12.8 Å². The molecule has 0 aliphatic heterocycles. The number of unbranched alkanes of at least 4 members (excludes halogenated alkanes) is 6. The summed E-state index contributed by atoms with van der Waals surface area (Å²) in [5, 5.41) is 11.6. The Hall–Kier alpha value is -1.18. The van der Waals surface area contributed by atoms with Gasteiger partial charge in [-0.2, -0.15) is 0 Å². The Balaban J connectivity index is 0. The predicted octanol–water partition coefficient (Wildman–Crippen LogP) is -0.128. The summed E-state index contributed by atoms with van der Waals surface area (Å²) < 4.78 is 4.75. The van der Waals surface area contributed by atoms with Gasteiger partial charge in [-0.15, -0.1) is 0 Å². The first-order valence-corrected chi connectivity index (χ1v) is 10.2. The normalized spacial score (nSPS) is 11.6. The van der Waals surface area contributed by atoms with E-state index in [-0.39, 0.29) is 42.4 Å². The van der Waals surface area contributed by atoms with E-state index >= 15 is 0 Å². The Bertz CT molecular complexity index is 511. The number of carboxylic acid groups (broad SMARTS) is 1. The molecule has 29 heavy (non-hydrogen) atoms. The smallest absolute Gasteiger partial charge is 0.548 e. The van der Waals surface area contributed by atoms with Crippen molar-refractivity contribution in [2.24, 2.45) is 0 Å². The summed E-state index contributed by atoms with van der Waals surface area (Å²) in [5.74, 6) is -3.63. The topological polar surface area (TPSA) is 104 Å². The van der Waals surface area contributed by atoms with Gasteiger partial charge < -0.3 is 14.6 Å². The number of carbonyl (C=O) groups excluding carboxylic acids is 4. The van der Waals surface area contributed by atoms with E-state index < -0.39 is 36.2 Å². The summed E-state index contributed by atoms with van der Waals surface area (Å²) in [4.78, 5) is 49.4. The quantitative estimate of drug-likeness (QED) is 0.159. The molecule has 0 heterocycles. The average molecular weight is 419 g/mol. The number of aliphatic carboxylic acids is 1. The summed E-state index contributed by atoms with van der Waals surface area (Å²) in [5.41, 5.74) is 0. The first kappa shape index (κ1) is 30.0. The van der Waals surface area contributed by atoms with Gasteiger partial charge in [-0.25, -0.2) is 0 Å². The Kier molecular flexibility index (Phi) is 19.5. The monoisotopic (exact) mass is 419 g/mol. The van der Waals surface area contributed by atoms with Crippen molar-refractivity contribution in [3.05, 3.63) is 12.3 Å². The van der Waals surface area contributed by atoms with Crippen LogP contribution in [-0.2, 0) is 23.9 Å². The minimum absolute atomic E-state index is 0. The Morgan fingerprint density at radius 3 is 1.76 bits per heavy atom. The fourth-order valence-electron chi connectivity index (χ4n) is 2.76. The van der Waals surface area contributed by atoms with Gasteiger partial charge in [0.15, 0.2) is 0 Å². The summed E-state index contributed by atoms with van der Waals surface area (Å²) >= 11 is 0. The number of hydrogen-bond acceptors (Lipinski definition) is 6. The molecule has 2 amide bonds. The summed E-state index contributed by atoms with van der Waals surface area (Å²) in [6.07, 6.45) is 8.76. The Morgan fingerprint density at radius 2 is 1.38 bits per heavy atom. The van der Waals surface area contributed by atoms with Crippen LogP contribution in [0.3, 0.4) is 0 Å². The number of imide groups is 1. The molecule has 0 rings (SSSR count). The number of allylic oxidation sites excluding steroid dienone is 1. The van der Waals surface area contributed by atoms with Crippen LogP contribution in [0.4, 0.5) is 0 Å². The Labute approximate surface area is 196 Å². The van der Waals surface area contributed by atoms with Crippen molar-refractivity contribution in [3.8, 4) is 0 Å². The minimum atomic E-state index is -1.66. The molecule has 0 aromatic carbocycles. The first-order valence-electron chi connectivity index (χ1n) is 10.2. The third-order valence-corrected chi connectivity index (χ3v) is 4.31. The molecule has 0 spiro atoms. The molecule has 0 aromatic rings. The molecule has 0 fully saturated rings. The number of carbonyl (C=O) groups is 4. The van der Waals surface area contributed by atoms with Crippen LogP contribution in [0.15, 0.2) is 12.3 Å². The standard InChI is InChI=1S/C21H35NO6.Na/c1-4-7-9-11-13-18(23)22(19(24)14-12-10-8-5-2)17(21(26)27)16-20(25)28-15-6-3;/h6,15,17H,4-5,7-14,16H2,1-3H3,(H,26,27);/q;+1/p-1/b15-6+;. The SMILES string of the molecule is C/C=C/OC(=O)CC(C(=O)[O-])N(C(=O)CCCCCC)C(=O)CCCCCC.[Na+]. The number of carboxylic acids is 1. The molecule has 0 saturated carbocycles. The Morgan fingerprint density at radius 1 is 0.897 bits per heavy atom. The van der Waals surface area contributed by atoms with Crippen LogP contribution in [0, 0.1) is 0 Å². The molecule has 1 unspecified atom stereocenters. The molecule has 0 saturated heterocycles. The largest absolute Gasteiger partial charge is 1.00 e. The summed E-state index contributed by atoms with van der Waals surface area (Å²) in [6.45, 7) is 5.71. The van der Waals surface area contributed by atoms with E-state index in [1.165, 1.54) is 6.08 Å². The minimum Gasteiger partial charge on any atom is -0.548 e. The molecular weight excluding hydrogens is 385 g/mol. The van der Waals surface area contributed by atoms with E-state index in [9.17, 15) is 24.3 Å². The average Bonchev–Trinajstić information content (AvgIpc) is 2.66. The van der Waals surface area contributed by atoms with E-state index in [0.717, 1.165) is 44.8 Å². The van der Waals surface area contributed by atoms with Crippen molar-refractivity contribution >= 4 is 23.8 Å². The van der Waals surface area contributed by atoms with Gasteiger partial charge in [-0.05, 0) is 19.8 Å². The maximum absolute atomic E-state index is 12.6. The van der Waals surface area contributed by atoms with Gasteiger partial charge in [-0.3, -0.25) is 19.3 Å². The number of ether oxygens (including phenoxy) is 1. The number of hydrogen-bond donors (Lipinski definition) is 0. The fraction of sp³-hybridized carbons (Fsp3) is 0.714. The molecule has 0 radical (unpaired) electrons. The van der Waals surface area contributed by atoms with Crippen molar-refractivity contribution in [1.82, 2.24) is 4.90 Å². The molecule has 0 N–H and O–H groups in total. The third kappa shape index (κ3) is 13.6. The second-order valence-corrected chi connectivity index (χ2v) is 6.78. The third-order valence-electron chi connectivity index (χ3n) is 4.31. The molecule has 0 aliphatic rings. The number of nitrogens with zero attached hydrogens (tertiary/aromatic N) is 1. The van der Waals surface area contributed by atoms with Crippen LogP contribution in [0.5, 0.6) is 0 Å². The molecule has 160 valence electrons. The first-order chi connectivity index (χ1) is 13.4. The molecule has 1 atom stereocenters. The van der Waals surface area contributed by atoms with Crippen molar-refractivity contribution in [2.75, 3.05) is 0 Å². The fourth-order valence-corrected chi connectivity index (χ4v) is 2.76. The molecular formula is C21H34NNaO6. The van der Waals surface area contributed by atoms with E-state index in [2.05, 4.69) is 0 Å². The van der Waals surface area contributed by atoms with Gasteiger partial charge >= 0.3 is 35.5 Å². The van der Waals surface area contributed by atoms with Gasteiger partial charge in [0.2, 0.25) is 11.8 Å². The maximum Gasteiger partial charge on any atom is 1.00 e. The maximum atomic E-state index is 12.6. The molecule has 0 aliphatic carbocycles. The second kappa shape index (κ2) is 18.8. The van der Waals surface area contributed by atoms with Crippen molar-refractivity contribution in [2.45, 2.75) is 97.4 Å². The predicted molar refractivity (Wildman–Crippen MR) is 104 cm³/mol. The molecule has 8 heteroatoms. The van der Waals surface area contributed by atoms with Crippen LogP contribution >= 0.6 is 0 Å². The zero-order valence-corrected chi connectivity index (χ0v) is 20.4. The van der Waals surface area contributed by atoms with Crippen LogP contribution in [0.25, 0.3) is 0 Å². The molecule has 0 bridgehead atoms. The van der Waals surface area contributed by atoms with Crippen LogP contribution in [-0.4, -0.2) is 34.7 Å². The molecule has 7 nitrogen and oxygen atoms in total. The number of rotatable bonds is 15. The van der Waals surface area contributed by atoms with Crippen LogP contribution in [0.1, 0.15) is 91.4 Å². The van der Waals surface area contributed by atoms with Crippen molar-refractivity contribution in [3.63, 3.8) is 0 Å². The van der Waals surface area contributed by atoms with E-state index in [0.29, 0.717) is 17.7 Å².